The first-order chi connectivity index (χ1) is 10.7. The van der Waals surface area contributed by atoms with Crippen LogP contribution in [0.4, 0.5) is 0 Å². The van der Waals surface area contributed by atoms with Crippen LogP contribution in [0.25, 0.3) is 0 Å². The van der Waals surface area contributed by atoms with Gasteiger partial charge in [-0.15, -0.1) is 11.3 Å². The van der Waals surface area contributed by atoms with E-state index in [1.807, 2.05) is 4.90 Å². The molecule has 2 heterocycles. The van der Waals surface area contributed by atoms with Crippen molar-refractivity contribution in [1.29, 1.82) is 5.26 Å². The van der Waals surface area contributed by atoms with E-state index in [0.29, 0.717) is 17.9 Å². The molecule has 22 heavy (non-hydrogen) atoms. The number of amides is 1. The Morgan fingerprint density at radius 3 is 2.86 bits per heavy atom. The largest absolute Gasteiger partial charge is 0.481 e. The first-order valence-corrected chi connectivity index (χ1v) is 8.06. The molecule has 5 heteroatoms. The highest BCUT2D eigenvalue weighted by Crippen LogP contribution is 2.25. The molecular weight excluding hydrogens is 296 g/mol. The summed E-state index contributed by atoms with van der Waals surface area (Å²) in [4.78, 5) is 15.7. The molecule has 1 amide bonds. The van der Waals surface area contributed by atoms with Gasteiger partial charge in [0.25, 0.3) is 5.91 Å². The van der Waals surface area contributed by atoms with Gasteiger partial charge in [0, 0.05) is 18.0 Å². The minimum absolute atomic E-state index is 0.00112. The Bertz CT molecular complexity index is 715. The van der Waals surface area contributed by atoms with Gasteiger partial charge < -0.3 is 9.64 Å². The summed E-state index contributed by atoms with van der Waals surface area (Å²) in [6.45, 7) is 3.18. The first-order valence-electron chi connectivity index (χ1n) is 7.18. The molecule has 0 bridgehead atoms. The zero-order valence-corrected chi connectivity index (χ0v) is 13.1. The number of hydrogen-bond acceptors (Lipinski definition) is 4. The van der Waals surface area contributed by atoms with Gasteiger partial charge in [0.1, 0.15) is 5.75 Å². The molecule has 0 spiro atoms. The number of thiophene rings is 1. The summed E-state index contributed by atoms with van der Waals surface area (Å²) in [5, 5.41) is 10.9. The highest BCUT2D eigenvalue weighted by molar-refractivity contribution is 7.10. The molecule has 2 aromatic rings. The number of nitrogens with zero attached hydrogens (tertiary/aromatic N) is 2. The SMILES string of the molecule is CC(Oc1ccc(C#N)cc1)C(=O)N1CCc2sccc2C1. The van der Waals surface area contributed by atoms with E-state index in [9.17, 15) is 4.79 Å². The molecule has 4 nitrogen and oxygen atoms in total. The molecule has 0 fully saturated rings. The highest BCUT2D eigenvalue weighted by Gasteiger charge is 2.26. The summed E-state index contributed by atoms with van der Waals surface area (Å²) < 4.78 is 5.70. The third-order valence-electron chi connectivity index (χ3n) is 3.76. The molecule has 0 aliphatic carbocycles. The molecule has 1 aromatic carbocycles. The second-order valence-corrected chi connectivity index (χ2v) is 6.28. The standard InChI is InChI=1S/C17H16N2O2S/c1-12(21-15-4-2-13(10-18)3-5-15)17(20)19-8-6-16-14(11-19)7-9-22-16/h2-5,7,9,12H,6,8,11H2,1H3. The van der Waals surface area contributed by atoms with Crippen LogP contribution in [0.3, 0.4) is 0 Å². The van der Waals surface area contributed by atoms with E-state index in [4.69, 9.17) is 10.00 Å². The van der Waals surface area contributed by atoms with E-state index < -0.39 is 6.10 Å². The van der Waals surface area contributed by atoms with Crippen LogP contribution >= 0.6 is 11.3 Å². The van der Waals surface area contributed by atoms with Crippen molar-refractivity contribution in [2.75, 3.05) is 6.54 Å². The van der Waals surface area contributed by atoms with Crippen molar-refractivity contribution >= 4 is 17.2 Å². The number of benzene rings is 1. The summed E-state index contributed by atoms with van der Waals surface area (Å²) in [6, 6.07) is 11.0. The average molecular weight is 312 g/mol. The van der Waals surface area contributed by atoms with Gasteiger partial charge in [0.05, 0.1) is 11.6 Å². The molecule has 1 aliphatic rings. The van der Waals surface area contributed by atoms with Crippen LogP contribution in [0.5, 0.6) is 5.75 Å². The minimum Gasteiger partial charge on any atom is -0.481 e. The van der Waals surface area contributed by atoms with Crippen molar-refractivity contribution in [1.82, 2.24) is 4.90 Å². The molecular formula is C17H16N2O2S. The normalized spacial score (nSPS) is 14.8. The van der Waals surface area contributed by atoms with Gasteiger partial charge in [0.15, 0.2) is 6.10 Å². The summed E-state index contributed by atoms with van der Waals surface area (Å²) in [7, 11) is 0. The fraction of sp³-hybridized carbons (Fsp3) is 0.294. The molecule has 1 unspecified atom stereocenters. The Labute approximate surface area is 133 Å². The lowest BCUT2D eigenvalue weighted by Crippen LogP contribution is -2.42. The van der Waals surface area contributed by atoms with Gasteiger partial charge in [-0.05, 0) is 54.6 Å². The number of carbonyl (C=O) groups excluding carboxylic acids is 1. The Morgan fingerprint density at radius 1 is 1.36 bits per heavy atom. The average Bonchev–Trinajstić information content (AvgIpc) is 3.02. The Morgan fingerprint density at radius 2 is 2.14 bits per heavy atom. The van der Waals surface area contributed by atoms with Crippen molar-refractivity contribution < 1.29 is 9.53 Å². The lowest BCUT2D eigenvalue weighted by Gasteiger charge is -2.29. The molecule has 3 rings (SSSR count). The van der Waals surface area contributed by atoms with Crippen molar-refractivity contribution in [2.24, 2.45) is 0 Å². The van der Waals surface area contributed by atoms with Crippen LogP contribution in [0.2, 0.25) is 0 Å². The van der Waals surface area contributed by atoms with Crippen LogP contribution in [-0.4, -0.2) is 23.5 Å². The monoisotopic (exact) mass is 312 g/mol. The molecule has 0 saturated carbocycles. The van der Waals surface area contributed by atoms with Crippen molar-refractivity contribution in [2.45, 2.75) is 26.0 Å². The van der Waals surface area contributed by atoms with Gasteiger partial charge in [-0.25, -0.2) is 0 Å². The number of fused-ring (bicyclic) bond motifs is 1. The van der Waals surface area contributed by atoms with E-state index in [1.165, 1.54) is 10.4 Å². The first kappa shape index (κ1) is 14.6. The number of nitriles is 1. The van der Waals surface area contributed by atoms with Crippen LogP contribution in [0, 0.1) is 11.3 Å². The number of carbonyl (C=O) groups is 1. The Hall–Kier alpha value is -2.32. The number of rotatable bonds is 3. The lowest BCUT2D eigenvalue weighted by atomic mass is 10.1. The molecule has 1 aromatic heterocycles. The molecule has 1 atom stereocenters. The second-order valence-electron chi connectivity index (χ2n) is 5.28. The molecule has 0 saturated heterocycles. The molecule has 0 radical (unpaired) electrons. The van der Waals surface area contributed by atoms with Crippen molar-refractivity contribution in [3.05, 3.63) is 51.7 Å². The zero-order chi connectivity index (χ0) is 15.5. The van der Waals surface area contributed by atoms with E-state index >= 15 is 0 Å². The van der Waals surface area contributed by atoms with E-state index in [0.717, 1.165) is 13.0 Å². The highest BCUT2D eigenvalue weighted by atomic mass is 32.1. The van der Waals surface area contributed by atoms with Gasteiger partial charge in [0.2, 0.25) is 0 Å². The summed E-state index contributed by atoms with van der Waals surface area (Å²) in [5.74, 6) is 0.606. The number of hydrogen-bond donors (Lipinski definition) is 0. The van der Waals surface area contributed by atoms with Gasteiger partial charge in [-0.3, -0.25) is 4.79 Å². The third-order valence-corrected chi connectivity index (χ3v) is 4.79. The number of ether oxygens (including phenoxy) is 1. The van der Waals surface area contributed by atoms with E-state index in [-0.39, 0.29) is 5.91 Å². The maximum atomic E-state index is 12.5. The predicted octanol–water partition coefficient (Wildman–Crippen LogP) is 2.97. The fourth-order valence-corrected chi connectivity index (χ4v) is 3.45. The maximum Gasteiger partial charge on any atom is 0.263 e. The summed E-state index contributed by atoms with van der Waals surface area (Å²) in [6.07, 6.45) is 0.385. The van der Waals surface area contributed by atoms with Crippen LogP contribution < -0.4 is 4.74 Å². The fourth-order valence-electron chi connectivity index (χ4n) is 2.56. The second kappa shape index (κ2) is 6.20. The maximum absolute atomic E-state index is 12.5. The smallest absolute Gasteiger partial charge is 0.263 e. The Kier molecular flexibility index (Phi) is 4.12. The van der Waals surface area contributed by atoms with Crippen molar-refractivity contribution in [3.8, 4) is 11.8 Å². The lowest BCUT2D eigenvalue weighted by molar-refractivity contribution is -0.138. The van der Waals surface area contributed by atoms with E-state index in [1.54, 1.807) is 42.5 Å². The topological polar surface area (TPSA) is 53.3 Å². The van der Waals surface area contributed by atoms with Crippen molar-refractivity contribution in [3.63, 3.8) is 0 Å². The minimum atomic E-state index is -0.534. The van der Waals surface area contributed by atoms with Crippen LogP contribution in [0.1, 0.15) is 22.9 Å². The molecule has 112 valence electrons. The van der Waals surface area contributed by atoms with Gasteiger partial charge in [-0.2, -0.15) is 5.26 Å². The molecule has 0 N–H and O–H groups in total. The van der Waals surface area contributed by atoms with Crippen LogP contribution in [0.15, 0.2) is 35.7 Å². The van der Waals surface area contributed by atoms with E-state index in [2.05, 4.69) is 17.5 Å². The van der Waals surface area contributed by atoms with Gasteiger partial charge >= 0.3 is 0 Å². The summed E-state index contributed by atoms with van der Waals surface area (Å²) >= 11 is 1.76. The third kappa shape index (κ3) is 2.97. The van der Waals surface area contributed by atoms with Crippen LogP contribution in [-0.2, 0) is 17.8 Å². The summed E-state index contributed by atoms with van der Waals surface area (Å²) in [5.41, 5.74) is 1.82. The predicted molar refractivity (Wildman–Crippen MR) is 84.7 cm³/mol. The van der Waals surface area contributed by atoms with Gasteiger partial charge in [-0.1, -0.05) is 0 Å². The molecule has 1 aliphatic heterocycles. The quantitative estimate of drug-likeness (QED) is 0.875. The zero-order valence-electron chi connectivity index (χ0n) is 12.3. The Balaban J connectivity index is 1.63.